The van der Waals surface area contributed by atoms with E-state index in [9.17, 15) is 15.2 Å². The minimum atomic E-state index is -1.73. The van der Waals surface area contributed by atoms with E-state index in [0.717, 1.165) is 6.07 Å². The van der Waals surface area contributed by atoms with Crippen LogP contribution >= 0.6 is 23.2 Å². The molecule has 2 aromatic carbocycles. The Balaban J connectivity index is 2.38. The number of nitrogens with one attached hydrogen (secondary N) is 1. The monoisotopic (exact) mass is 466 g/mol. The predicted octanol–water partition coefficient (Wildman–Crippen LogP) is 5.68. The van der Waals surface area contributed by atoms with Crippen molar-refractivity contribution in [2.75, 3.05) is 0 Å². The van der Waals surface area contributed by atoms with Crippen LogP contribution < -0.4 is 5.32 Å². The third-order valence-corrected chi connectivity index (χ3v) is 6.24. The van der Waals surface area contributed by atoms with Crippen molar-refractivity contribution < 1.29 is 18.7 Å². The fraction of sp³-hybridized carbons (Fsp3) is 0.391. The summed E-state index contributed by atoms with van der Waals surface area (Å²) in [6.45, 7) is 5.79. The van der Waals surface area contributed by atoms with Gasteiger partial charge in [0.1, 0.15) is 23.1 Å². The molecule has 31 heavy (non-hydrogen) atoms. The lowest BCUT2D eigenvalue weighted by Crippen LogP contribution is -2.44. The fourth-order valence-electron chi connectivity index (χ4n) is 4.54. The molecule has 0 saturated carbocycles. The standard InChI is InChI=1S/C23H22Cl2F2N2O2/c1-22(2,3)10-17-23(11-28,14-8-7-12(24)9-16(14)26)18(20(29-17)21(30)31)13-5-4-6-15(25)19(13)27/h4-9,17-18,20,29H,10H2,1-3H3,(H,30,31)/t17-,18-,20-,23+/m0/s1. The predicted molar refractivity (Wildman–Crippen MR) is 115 cm³/mol. The summed E-state index contributed by atoms with van der Waals surface area (Å²) >= 11 is 11.9. The van der Waals surface area contributed by atoms with Crippen molar-refractivity contribution in [3.8, 4) is 6.07 Å². The Morgan fingerprint density at radius 1 is 1.26 bits per heavy atom. The van der Waals surface area contributed by atoms with Crippen LogP contribution in [0.5, 0.6) is 0 Å². The van der Waals surface area contributed by atoms with E-state index in [1.54, 1.807) is 0 Å². The van der Waals surface area contributed by atoms with E-state index in [1.165, 1.54) is 30.3 Å². The number of hydrogen-bond acceptors (Lipinski definition) is 3. The van der Waals surface area contributed by atoms with Gasteiger partial charge in [-0.05, 0) is 35.6 Å². The maximum atomic E-state index is 15.2. The molecule has 0 aliphatic carbocycles. The maximum Gasteiger partial charge on any atom is 0.321 e. The topological polar surface area (TPSA) is 73.1 Å². The second-order valence-corrected chi connectivity index (χ2v) is 9.87. The Morgan fingerprint density at radius 2 is 1.94 bits per heavy atom. The number of benzene rings is 2. The number of carboxylic acid groups (broad SMARTS) is 1. The third-order valence-electron chi connectivity index (χ3n) is 5.72. The highest BCUT2D eigenvalue weighted by Crippen LogP contribution is 2.52. The molecule has 0 bridgehead atoms. The average Bonchev–Trinajstić information content (AvgIpc) is 2.97. The largest absolute Gasteiger partial charge is 0.480 e. The van der Waals surface area contributed by atoms with Crippen LogP contribution in [0.15, 0.2) is 36.4 Å². The van der Waals surface area contributed by atoms with Crippen molar-refractivity contribution >= 4 is 29.2 Å². The summed E-state index contributed by atoms with van der Waals surface area (Å²) in [6, 6.07) is 8.16. The molecule has 4 atom stereocenters. The minimum absolute atomic E-state index is 0.0331. The molecular weight excluding hydrogens is 445 g/mol. The molecular formula is C23H22Cl2F2N2O2. The van der Waals surface area contributed by atoms with Crippen molar-refractivity contribution in [1.29, 1.82) is 5.26 Å². The first kappa shape index (κ1) is 23.5. The van der Waals surface area contributed by atoms with Crippen LogP contribution in [0, 0.1) is 28.4 Å². The summed E-state index contributed by atoms with van der Waals surface area (Å²) in [5.74, 6) is -4.09. The third kappa shape index (κ3) is 4.15. The van der Waals surface area contributed by atoms with E-state index in [-0.39, 0.29) is 26.6 Å². The molecule has 3 rings (SSSR count). The molecule has 164 valence electrons. The summed E-state index contributed by atoms with van der Waals surface area (Å²) in [5.41, 5.74) is -2.15. The number of halogens is 4. The van der Waals surface area contributed by atoms with Gasteiger partial charge in [-0.3, -0.25) is 10.1 Å². The second kappa shape index (κ2) is 8.38. The van der Waals surface area contributed by atoms with Crippen LogP contribution in [0.4, 0.5) is 8.78 Å². The lowest BCUT2D eigenvalue weighted by Gasteiger charge is -2.37. The molecule has 1 fully saturated rings. The molecule has 0 unspecified atom stereocenters. The van der Waals surface area contributed by atoms with Crippen molar-refractivity contribution in [1.82, 2.24) is 5.32 Å². The summed E-state index contributed by atoms with van der Waals surface area (Å²) in [4.78, 5) is 12.2. The molecule has 2 aromatic rings. The van der Waals surface area contributed by atoms with Crippen LogP contribution in [-0.4, -0.2) is 23.2 Å². The van der Waals surface area contributed by atoms with Gasteiger partial charge in [-0.25, -0.2) is 8.78 Å². The van der Waals surface area contributed by atoms with Crippen molar-refractivity contribution in [3.05, 3.63) is 69.2 Å². The van der Waals surface area contributed by atoms with Crippen LogP contribution in [0.3, 0.4) is 0 Å². The molecule has 0 spiro atoms. The van der Waals surface area contributed by atoms with E-state index < -0.39 is 41.0 Å². The molecule has 0 radical (unpaired) electrons. The fourth-order valence-corrected chi connectivity index (χ4v) is 4.88. The van der Waals surface area contributed by atoms with Gasteiger partial charge in [0, 0.05) is 22.5 Å². The second-order valence-electron chi connectivity index (χ2n) is 9.03. The Hall–Kier alpha value is -2.20. The normalized spacial score (nSPS) is 25.9. The lowest BCUT2D eigenvalue weighted by molar-refractivity contribution is -0.139. The maximum absolute atomic E-state index is 15.2. The number of hydrogen-bond donors (Lipinski definition) is 2. The molecule has 1 aliphatic rings. The Labute approximate surface area is 189 Å². The summed E-state index contributed by atoms with van der Waals surface area (Å²) in [6.07, 6.45) is 0.338. The molecule has 4 nitrogen and oxygen atoms in total. The van der Waals surface area contributed by atoms with Gasteiger partial charge in [-0.1, -0.05) is 62.2 Å². The molecule has 0 amide bonds. The van der Waals surface area contributed by atoms with Crippen molar-refractivity contribution in [2.24, 2.45) is 5.41 Å². The summed E-state index contributed by atoms with van der Waals surface area (Å²) < 4.78 is 30.3. The van der Waals surface area contributed by atoms with Gasteiger partial charge in [0.25, 0.3) is 0 Å². The van der Waals surface area contributed by atoms with E-state index in [1.807, 2.05) is 20.8 Å². The first-order valence-corrected chi connectivity index (χ1v) is 10.5. The highest BCUT2D eigenvalue weighted by atomic mass is 35.5. The molecule has 0 aromatic heterocycles. The molecule has 1 heterocycles. The van der Waals surface area contributed by atoms with Gasteiger partial charge < -0.3 is 5.11 Å². The Bertz CT molecular complexity index is 1060. The summed E-state index contributed by atoms with van der Waals surface area (Å²) in [7, 11) is 0. The van der Waals surface area contributed by atoms with Gasteiger partial charge >= 0.3 is 5.97 Å². The van der Waals surface area contributed by atoms with Crippen molar-refractivity contribution in [3.63, 3.8) is 0 Å². The van der Waals surface area contributed by atoms with Crippen LogP contribution in [0.2, 0.25) is 10.0 Å². The molecule has 2 N–H and O–H groups in total. The zero-order chi connectivity index (χ0) is 23.1. The van der Waals surface area contributed by atoms with Gasteiger partial charge in [0.15, 0.2) is 0 Å². The van der Waals surface area contributed by atoms with E-state index in [4.69, 9.17) is 23.2 Å². The lowest BCUT2D eigenvalue weighted by atomic mass is 9.62. The molecule has 1 aliphatic heterocycles. The van der Waals surface area contributed by atoms with E-state index in [0.29, 0.717) is 6.42 Å². The average molecular weight is 467 g/mol. The van der Waals surface area contributed by atoms with Crippen LogP contribution in [0.25, 0.3) is 0 Å². The molecule has 8 heteroatoms. The number of nitriles is 1. The number of carbonyl (C=O) groups is 1. The zero-order valence-corrected chi connectivity index (χ0v) is 18.7. The van der Waals surface area contributed by atoms with Crippen LogP contribution in [0.1, 0.15) is 44.2 Å². The zero-order valence-electron chi connectivity index (χ0n) is 17.2. The van der Waals surface area contributed by atoms with Crippen molar-refractivity contribution in [2.45, 2.75) is 50.6 Å². The van der Waals surface area contributed by atoms with Gasteiger partial charge in [-0.2, -0.15) is 5.26 Å². The highest BCUT2D eigenvalue weighted by molar-refractivity contribution is 6.31. The number of nitrogens with zero attached hydrogens (tertiary/aromatic N) is 1. The number of rotatable bonds is 4. The van der Waals surface area contributed by atoms with Crippen LogP contribution in [-0.2, 0) is 10.2 Å². The van der Waals surface area contributed by atoms with Gasteiger partial charge in [-0.15, -0.1) is 0 Å². The first-order chi connectivity index (χ1) is 14.4. The Kier molecular flexibility index (Phi) is 6.35. The smallest absolute Gasteiger partial charge is 0.321 e. The number of carboxylic acids is 1. The minimum Gasteiger partial charge on any atom is -0.480 e. The first-order valence-electron chi connectivity index (χ1n) is 9.72. The Morgan fingerprint density at radius 3 is 2.48 bits per heavy atom. The quantitative estimate of drug-likeness (QED) is 0.607. The summed E-state index contributed by atoms with van der Waals surface area (Å²) in [5, 5.41) is 23.4. The number of aliphatic carboxylic acids is 1. The van der Waals surface area contributed by atoms with E-state index >= 15 is 8.78 Å². The highest BCUT2D eigenvalue weighted by Gasteiger charge is 2.61. The van der Waals surface area contributed by atoms with Gasteiger partial charge in [0.2, 0.25) is 0 Å². The molecule has 1 saturated heterocycles. The van der Waals surface area contributed by atoms with Gasteiger partial charge in [0.05, 0.1) is 11.1 Å². The SMILES string of the molecule is CC(C)(C)C[C@@H]1N[C@H](C(=O)O)[C@H](c2cccc(Cl)c2F)[C@]1(C#N)c1ccc(Cl)cc1F. The van der Waals surface area contributed by atoms with E-state index in [2.05, 4.69) is 11.4 Å².